The maximum absolute atomic E-state index is 5.81. The molecule has 0 amide bonds. The molecule has 0 bridgehead atoms. The van der Waals surface area contributed by atoms with E-state index in [0.717, 1.165) is 32.4 Å². The fourth-order valence-electron chi connectivity index (χ4n) is 2.23. The fourth-order valence-corrected chi connectivity index (χ4v) is 2.23. The molecule has 1 aromatic rings. The second-order valence-electron chi connectivity index (χ2n) is 4.75. The third-order valence-electron chi connectivity index (χ3n) is 3.38. The van der Waals surface area contributed by atoms with Gasteiger partial charge in [0.2, 0.25) is 11.7 Å². The van der Waals surface area contributed by atoms with E-state index < -0.39 is 0 Å². The zero-order valence-electron chi connectivity index (χ0n) is 11.7. The van der Waals surface area contributed by atoms with Gasteiger partial charge in [0, 0.05) is 7.11 Å². The minimum absolute atomic E-state index is 0.0807. The van der Waals surface area contributed by atoms with Crippen molar-refractivity contribution in [3.63, 3.8) is 0 Å². The summed E-state index contributed by atoms with van der Waals surface area (Å²) in [6, 6.07) is 0. The summed E-state index contributed by atoms with van der Waals surface area (Å²) in [5, 5.41) is 7.26. The molecule has 1 aliphatic rings. The summed E-state index contributed by atoms with van der Waals surface area (Å²) in [6.45, 7) is 4.75. The number of aromatic nitrogens is 2. The molecule has 19 heavy (non-hydrogen) atoms. The van der Waals surface area contributed by atoms with Crippen molar-refractivity contribution in [2.75, 3.05) is 26.8 Å². The van der Waals surface area contributed by atoms with E-state index in [4.69, 9.17) is 14.0 Å². The molecule has 1 N–H and O–H groups in total. The van der Waals surface area contributed by atoms with E-state index in [9.17, 15) is 0 Å². The average molecular weight is 269 g/mol. The van der Waals surface area contributed by atoms with Crippen LogP contribution in [0.1, 0.15) is 44.0 Å². The van der Waals surface area contributed by atoms with Crippen LogP contribution in [-0.2, 0) is 15.9 Å². The van der Waals surface area contributed by atoms with Gasteiger partial charge in [0.15, 0.2) is 0 Å². The molecule has 1 unspecified atom stereocenters. The van der Waals surface area contributed by atoms with Crippen LogP contribution in [0, 0.1) is 0 Å². The van der Waals surface area contributed by atoms with Gasteiger partial charge in [-0.25, -0.2) is 0 Å². The molecule has 1 aromatic heterocycles. The van der Waals surface area contributed by atoms with Gasteiger partial charge >= 0.3 is 0 Å². The molecule has 2 rings (SSSR count). The Kier molecular flexibility index (Phi) is 5.75. The van der Waals surface area contributed by atoms with E-state index in [1.807, 2.05) is 6.92 Å². The second kappa shape index (κ2) is 7.57. The maximum Gasteiger partial charge on any atom is 0.229 e. The summed E-state index contributed by atoms with van der Waals surface area (Å²) in [5.74, 6) is 1.25. The number of hydrogen-bond acceptors (Lipinski definition) is 6. The lowest BCUT2D eigenvalue weighted by Gasteiger charge is -2.22. The number of methoxy groups -OCH3 is 1. The van der Waals surface area contributed by atoms with Crippen LogP contribution >= 0.6 is 0 Å². The Bertz CT molecular complexity index is 360. The highest BCUT2D eigenvalue weighted by atomic mass is 16.5. The average Bonchev–Trinajstić information content (AvgIpc) is 2.90. The zero-order valence-corrected chi connectivity index (χ0v) is 11.7. The van der Waals surface area contributed by atoms with Gasteiger partial charge in [0.05, 0.1) is 19.1 Å². The number of ether oxygens (including phenoxy) is 2. The standard InChI is InChI=1S/C13H23N3O3/c1-3-11(17-2)13-15-12(19-16-13)6-9-18-10-4-7-14-8-5-10/h10-11,14H,3-9H2,1-2H3. The molecule has 2 heterocycles. The molecule has 108 valence electrons. The molecule has 0 aliphatic carbocycles. The summed E-state index contributed by atoms with van der Waals surface area (Å²) in [7, 11) is 1.66. The van der Waals surface area contributed by atoms with E-state index in [-0.39, 0.29) is 6.10 Å². The number of rotatable bonds is 7. The highest BCUT2D eigenvalue weighted by Crippen LogP contribution is 2.16. The van der Waals surface area contributed by atoms with Crippen LogP contribution in [-0.4, -0.2) is 43.1 Å². The summed E-state index contributed by atoms with van der Waals surface area (Å²) in [5.41, 5.74) is 0. The van der Waals surface area contributed by atoms with Crippen molar-refractivity contribution in [1.29, 1.82) is 0 Å². The number of hydrogen-bond donors (Lipinski definition) is 1. The lowest BCUT2D eigenvalue weighted by atomic mass is 10.1. The van der Waals surface area contributed by atoms with E-state index in [2.05, 4.69) is 15.5 Å². The van der Waals surface area contributed by atoms with E-state index >= 15 is 0 Å². The first-order valence-corrected chi connectivity index (χ1v) is 7.01. The van der Waals surface area contributed by atoms with E-state index in [1.165, 1.54) is 0 Å². The molecule has 6 heteroatoms. The molecule has 0 radical (unpaired) electrons. The zero-order chi connectivity index (χ0) is 13.5. The first-order valence-electron chi connectivity index (χ1n) is 7.01. The summed E-state index contributed by atoms with van der Waals surface area (Å²) < 4.78 is 16.3. The Labute approximate surface area is 113 Å². The summed E-state index contributed by atoms with van der Waals surface area (Å²) in [4.78, 5) is 4.34. The third kappa shape index (κ3) is 4.26. The minimum atomic E-state index is -0.0807. The predicted octanol–water partition coefficient (Wildman–Crippen LogP) is 1.48. The van der Waals surface area contributed by atoms with E-state index in [0.29, 0.717) is 30.8 Å². The molecular formula is C13H23N3O3. The summed E-state index contributed by atoms with van der Waals surface area (Å²) in [6.07, 6.45) is 3.94. The number of piperidine rings is 1. The van der Waals surface area contributed by atoms with Gasteiger partial charge < -0.3 is 19.3 Å². The van der Waals surface area contributed by atoms with Crippen molar-refractivity contribution >= 4 is 0 Å². The minimum Gasteiger partial charge on any atom is -0.378 e. The van der Waals surface area contributed by atoms with Crippen molar-refractivity contribution in [1.82, 2.24) is 15.5 Å². The quantitative estimate of drug-likeness (QED) is 0.808. The van der Waals surface area contributed by atoms with Gasteiger partial charge in [-0.1, -0.05) is 12.1 Å². The van der Waals surface area contributed by atoms with Gasteiger partial charge in [0.1, 0.15) is 6.10 Å². The smallest absolute Gasteiger partial charge is 0.229 e. The van der Waals surface area contributed by atoms with Crippen molar-refractivity contribution in [2.24, 2.45) is 0 Å². The molecule has 1 atom stereocenters. The second-order valence-corrected chi connectivity index (χ2v) is 4.75. The molecule has 1 fully saturated rings. The molecule has 1 aliphatic heterocycles. The first kappa shape index (κ1) is 14.4. The molecule has 1 saturated heterocycles. The molecule has 0 saturated carbocycles. The highest BCUT2D eigenvalue weighted by Gasteiger charge is 2.17. The van der Waals surface area contributed by atoms with Crippen molar-refractivity contribution in [3.05, 3.63) is 11.7 Å². The van der Waals surface area contributed by atoms with E-state index in [1.54, 1.807) is 7.11 Å². The normalized spacial score (nSPS) is 18.6. The summed E-state index contributed by atoms with van der Waals surface area (Å²) >= 11 is 0. The molecular weight excluding hydrogens is 246 g/mol. The largest absolute Gasteiger partial charge is 0.378 e. The Hall–Kier alpha value is -0.980. The molecule has 6 nitrogen and oxygen atoms in total. The first-order chi connectivity index (χ1) is 9.33. The van der Waals surface area contributed by atoms with Gasteiger partial charge in [-0.15, -0.1) is 0 Å². The van der Waals surface area contributed by atoms with Crippen LogP contribution < -0.4 is 5.32 Å². The van der Waals surface area contributed by atoms with Gasteiger partial charge in [-0.2, -0.15) is 4.98 Å². The Morgan fingerprint density at radius 2 is 2.21 bits per heavy atom. The van der Waals surface area contributed by atoms with Gasteiger partial charge in [-0.3, -0.25) is 0 Å². The van der Waals surface area contributed by atoms with Gasteiger partial charge in [-0.05, 0) is 32.4 Å². The Balaban J connectivity index is 1.73. The van der Waals surface area contributed by atoms with Crippen LogP contribution in [0.5, 0.6) is 0 Å². The van der Waals surface area contributed by atoms with Crippen molar-refractivity contribution in [2.45, 2.75) is 44.8 Å². The lowest BCUT2D eigenvalue weighted by Crippen LogP contribution is -2.32. The fraction of sp³-hybridized carbons (Fsp3) is 0.846. The topological polar surface area (TPSA) is 69.4 Å². The monoisotopic (exact) mass is 269 g/mol. The maximum atomic E-state index is 5.81. The Morgan fingerprint density at radius 1 is 1.42 bits per heavy atom. The molecule has 0 aromatic carbocycles. The van der Waals surface area contributed by atoms with Crippen LogP contribution in [0.3, 0.4) is 0 Å². The Morgan fingerprint density at radius 3 is 2.89 bits per heavy atom. The van der Waals surface area contributed by atoms with Crippen LogP contribution in [0.25, 0.3) is 0 Å². The van der Waals surface area contributed by atoms with Gasteiger partial charge in [0.25, 0.3) is 0 Å². The SMILES string of the molecule is CCC(OC)c1noc(CCOC2CCNCC2)n1. The van der Waals surface area contributed by atoms with Crippen LogP contribution in [0.2, 0.25) is 0 Å². The third-order valence-corrected chi connectivity index (χ3v) is 3.38. The van der Waals surface area contributed by atoms with Crippen LogP contribution in [0.4, 0.5) is 0 Å². The lowest BCUT2D eigenvalue weighted by molar-refractivity contribution is 0.0322. The van der Waals surface area contributed by atoms with Crippen LogP contribution in [0.15, 0.2) is 4.52 Å². The molecule has 0 spiro atoms. The predicted molar refractivity (Wildman–Crippen MR) is 69.9 cm³/mol. The number of nitrogens with one attached hydrogen (secondary N) is 1. The van der Waals surface area contributed by atoms with Crippen molar-refractivity contribution in [3.8, 4) is 0 Å². The number of nitrogens with zero attached hydrogens (tertiary/aromatic N) is 2. The van der Waals surface area contributed by atoms with Crippen molar-refractivity contribution < 1.29 is 14.0 Å². The highest BCUT2D eigenvalue weighted by molar-refractivity contribution is 4.91.